The van der Waals surface area contributed by atoms with Gasteiger partial charge in [-0.2, -0.15) is 0 Å². The van der Waals surface area contributed by atoms with Gasteiger partial charge in [0.05, 0.1) is 0 Å². The quantitative estimate of drug-likeness (QED) is 0.796. The topological polar surface area (TPSA) is 12.0 Å². The van der Waals surface area contributed by atoms with E-state index in [-0.39, 0.29) is 0 Å². The van der Waals surface area contributed by atoms with Gasteiger partial charge >= 0.3 is 0 Å². The molecule has 1 aliphatic heterocycles. The van der Waals surface area contributed by atoms with Crippen LogP contribution >= 0.6 is 0 Å². The molecule has 82 valence electrons. The van der Waals surface area contributed by atoms with Gasteiger partial charge in [-0.1, -0.05) is 43.2 Å². The van der Waals surface area contributed by atoms with E-state index in [0.717, 1.165) is 5.92 Å². The Kier molecular flexibility index (Phi) is 3.42. The normalized spacial score (nSPS) is 25.7. The Morgan fingerprint density at radius 2 is 2.27 bits per heavy atom. The molecule has 1 saturated heterocycles. The predicted molar refractivity (Wildman–Crippen MR) is 65.1 cm³/mol. The van der Waals surface area contributed by atoms with Crippen molar-refractivity contribution < 1.29 is 0 Å². The molecule has 0 aliphatic carbocycles. The molecule has 0 saturated carbocycles. The molecule has 0 bridgehead atoms. The van der Waals surface area contributed by atoms with E-state index in [1.807, 2.05) is 0 Å². The Balaban J connectivity index is 2.02. The molecule has 0 radical (unpaired) electrons. The summed E-state index contributed by atoms with van der Waals surface area (Å²) in [5.41, 5.74) is 2.85. The van der Waals surface area contributed by atoms with Crippen LogP contribution in [0.2, 0.25) is 0 Å². The molecular formula is C14H21N. The molecule has 1 aliphatic rings. The smallest absolute Gasteiger partial charge is 0.0136 e. The van der Waals surface area contributed by atoms with Crippen LogP contribution in [0.1, 0.15) is 30.9 Å². The summed E-state index contributed by atoms with van der Waals surface area (Å²) >= 11 is 0. The summed E-state index contributed by atoms with van der Waals surface area (Å²) in [6, 6.07) is 9.60. The van der Waals surface area contributed by atoms with Crippen LogP contribution in [-0.4, -0.2) is 12.6 Å². The minimum Gasteiger partial charge on any atom is -0.313 e. The molecule has 1 nitrogen and oxygen atoms in total. The van der Waals surface area contributed by atoms with Crippen molar-refractivity contribution in [3.63, 3.8) is 0 Å². The van der Waals surface area contributed by atoms with Gasteiger partial charge in [0.2, 0.25) is 0 Å². The average molecular weight is 203 g/mol. The first-order chi connectivity index (χ1) is 7.29. The van der Waals surface area contributed by atoms with Crippen molar-refractivity contribution in [1.82, 2.24) is 5.32 Å². The molecule has 0 amide bonds. The van der Waals surface area contributed by atoms with Crippen LogP contribution in [-0.2, 0) is 6.42 Å². The van der Waals surface area contributed by atoms with Crippen molar-refractivity contribution in [3.05, 3.63) is 35.4 Å². The molecule has 2 rings (SSSR count). The first-order valence-electron chi connectivity index (χ1n) is 6.08. The van der Waals surface area contributed by atoms with E-state index in [1.165, 1.54) is 36.9 Å². The average Bonchev–Trinajstić information content (AvgIpc) is 2.65. The van der Waals surface area contributed by atoms with Crippen LogP contribution in [0.4, 0.5) is 0 Å². The lowest BCUT2D eigenvalue weighted by Crippen LogP contribution is -2.29. The number of benzene rings is 1. The summed E-state index contributed by atoms with van der Waals surface area (Å²) < 4.78 is 0. The third-order valence-corrected chi connectivity index (χ3v) is 3.55. The monoisotopic (exact) mass is 203 g/mol. The van der Waals surface area contributed by atoms with Crippen LogP contribution in [0, 0.1) is 12.8 Å². The Morgan fingerprint density at radius 1 is 1.40 bits per heavy atom. The lowest BCUT2D eigenvalue weighted by Gasteiger charge is -2.18. The summed E-state index contributed by atoms with van der Waals surface area (Å²) in [6.07, 6.45) is 3.86. The fraction of sp³-hybridized carbons (Fsp3) is 0.571. The Bertz CT molecular complexity index is 319. The maximum absolute atomic E-state index is 3.63. The summed E-state index contributed by atoms with van der Waals surface area (Å²) in [4.78, 5) is 0. The van der Waals surface area contributed by atoms with Gasteiger partial charge < -0.3 is 5.32 Å². The zero-order valence-corrected chi connectivity index (χ0v) is 9.79. The molecular weight excluding hydrogens is 182 g/mol. The maximum Gasteiger partial charge on any atom is 0.0136 e. The maximum atomic E-state index is 3.63. The summed E-state index contributed by atoms with van der Waals surface area (Å²) in [5, 5.41) is 3.63. The van der Waals surface area contributed by atoms with Gasteiger partial charge in [0, 0.05) is 6.04 Å². The van der Waals surface area contributed by atoms with Crippen molar-refractivity contribution in [2.45, 2.75) is 39.2 Å². The zero-order valence-electron chi connectivity index (χ0n) is 9.79. The number of rotatable bonds is 3. The van der Waals surface area contributed by atoms with E-state index in [1.54, 1.807) is 0 Å². The molecule has 1 N–H and O–H groups in total. The third-order valence-electron chi connectivity index (χ3n) is 3.55. The van der Waals surface area contributed by atoms with E-state index in [9.17, 15) is 0 Å². The van der Waals surface area contributed by atoms with Gasteiger partial charge in [0.25, 0.3) is 0 Å². The fourth-order valence-electron chi connectivity index (χ4n) is 2.64. The molecule has 0 spiro atoms. The Morgan fingerprint density at radius 3 is 3.00 bits per heavy atom. The molecule has 1 heteroatoms. The van der Waals surface area contributed by atoms with Crippen molar-refractivity contribution in [2.75, 3.05) is 6.54 Å². The SMILES string of the molecule is CC[C@H]1CCN[C@@H]1Cc1cccc(C)c1. The minimum atomic E-state index is 0.705. The van der Waals surface area contributed by atoms with E-state index in [0.29, 0.717) is 6.04 Å². The van der Waals surface area contributed by atoms with Gasteiger partial charge in [-0.05, 0) is 37.8 Å². The number of hydrogen-bond acceptors (Lipinski definition) is 1. The lowest BCUT2D eigenvalue weighted by molar-refractivity contribution is 0.433. The molecule has 1 fully saturated rings. The highest BCUT2D eigenvalue weighted by Gasteiger charge is 2.24. The highest BCUT2D eigenvalue weighted by atomic mass is 14.9. The molecule has 1 aromatic rings. The van der Waals surface area contributed by atoms with Gasteiger partial charge in [0.1, 0.15) is 0 Å². The predicted octanol–water partition coefficient (Wildman–Crippen LogP) is 2.93. The van der Waals surface area contributed by atoms with Crippen LogP contribution in [0.5, 0.6) is 0 Å². The third kappa shape index (κ3) is 2.60. The highest BCUT2D eigenvalue weighted by molar-refractivity contribution is 5.23. The number of nitrogens with one attached hydrogen (secondary N) is 1. The molecule has 0 unspecified atom stereocenters. The van der Waals surface area contributed by atoms with Crippen molar-refractivity contribution in [1.29, 1.82) is 0 Å². The van der Waals surface area contributed by atoms with Crippen molar-refractivity contribution in [2.24, 2.45) is 5.92 Å². The second kappa shape index (κ2) is 4.80. The fourth-order valence-corrected chi connectivity index (χ4v) is 2.64. The number of aryl methyl sites for hydroxylation is 1. The molecule has 1 heterocycles. The van der Waals surface area contributed by atoms with Gasteiger partial charge in [-0.3, -0.25) is 0 Å². The molecule has 0 aromatic heterocycles. The minimum absolute atomic E-state index is 0.705. The summed E-state index contributed by atoms with van der Waals surface area (Å²) in [7, 11) is 0. The van der Waals surface area contributed by atoms with E-state index >= 15 is 0 Å². The van der Waals surface area contributed by atoms with Crippen molar-refractivity contribution in [3.8, 4) is 0 Å². The second-order valence-corrected chi connectivity index (χ2v) is 4.71. The molecule has 1 aromatic carbocycles. The summed E-state index contributed by atoms with van der Waals surface area (Å²) in [6.45, 7) is 5.68. The van der Waals surface area contributed by atoms with Gasteiger partial charge in [0.15, 0.2) is 0 Å². The standard InChI is InChI=1S/C14H21N/c1-3-13-7-8-15-14(13)10-12-6-4-5-11(2)9-12/h4-6,9,13-15H,3,7-8,10H2,1-2H3/t13-,14+/m0/s1. The first-order valence-corrected chi connectivity index (χ1v) is 6.08. The second-order valence-electron chi connectivity index (χ2n) is 4.71. The largest absolute Gasteiger partial charge is 0.313 e. The Hall–Kier alpha value is -0.820. The van der Waals surface area contributed by atoms with E-state index < -0.39 is 0 Å². The van der Waals surface area contributed by atoms with Gasteiger partial charge in [-0.15, -0.1) is 0 Å². The molecule has 2 atom stereocenters. The van der Waals surface area contributed by atoms with Crippen LogP contribution in [0.3, 0.4) is 0 Å². The summed E-state index contributed by atoms with van der Waals surface area (Å²) in [5.74, 6) is 0.880. The Labute approximate surface area is 92.9 Å². The van der Waals surface area contributed by atoms with E-state index in [4.69, 9.17) is 0 Å². The van der Waals surface area contributed by atoms with Crippen LogP contribution in [0.15, 0.2) is 24.3 Å². The number of hydrogen-bond donors (Lipinski definition) is 1. The van der Waals surface area contributed by atoms with Gasteiger partial charge in [-0.25, -0.2) is 0 Å². The first kappa shape index (κ1) is 10.7. The highest BCUT2D eigenvalue weighted by Crippen LogP contribution is 2.22. The zero-order chi connectivity index (χ0) is 10.7. The molecule has 15 heavy (non-hydrogen) atoms. The van der Waals surface area contributed by atoms with E-state index in [2.05, 4.69) is 43.4 Å². The van der Waals surface area contributed by atoms with Crippen LogP contribution in [0.25, 0.3) is 0 Å². The lowest BCUT2D eigenvalue weighted by atomic mass is 9.92. The van der Waals surface area contributed by atoms with Crippen LogP contribution < -0.4 is 5.32 Å². The van der Waals surface area contributed by atoms with Crippen molar-refractivity contribution >= 4 is 0 Å².